The van der Waals surface area contributed by atoms with Crippen molar-refractivity contribution >= 4 is 0 Å². The number of nitrogens with zero attached hydrogens (tertiary/aromatic N) is 1. The largest absolute Gasteiger partial charge is 0.314 e. The standard InChI is InChI=1S/C14H28N2/c1-5-12-9-14(12)16-8-7-13(15-6-2)10(3)11(16)4/h10-15H,5-9H2,1-4H3. The Balaban J connectivity index is 1.90. The van der Waals surface area contributed by atoms with Gasteiger partial charge in [0.15, 0.2) is 0 Å². The summed E-state index contributed by atoms with van der Waals surface area (Å²) >= 11 is 0. The Labute approximate surface area is 101 Å². The second-order valence-electron chi connectivity index (χ2n) is 5.76. The summed E-state index contributed by atoms with van der Waals surface area (Å²) in [7, 11) is 0. The predicted octanol–water partition coefficient (Wildman–Crippen LogP) is 2.49. The average Bonchev–Trinajstić information content (AvgIpc) is 3.04. The number of hydrogen-bond donors (Lipinski definition) is 1. The quantitative estimate of drug-likeness (QED) is 0.789. The third kappa shape index (κ3) is 2.28. The van der Waals surface area contributed by atoms with E-state index in [0.717, 1.165) is 36.5 Å². The van der Waals surface area contributed by atoms with Gasteiger partial charge in [-0.15, -0.1) is 0 Å². The van der Waals surface area contributed by atoms with Crippen molar-refractivity contribution in [1.82, 2.24) is 10.2 Å². The van der Waals surface area contributed by atoms with Crippen LogP contribution in [0.25, 0.3) is 0 Å². The minimum atomic E-state index is 0.745. The van der Waals surface area contributed by atoms with E-state index in [2.05, 4.69) is 37.9 Å². The molecule has 2 nitrogen and oxygen atoms in total. The van der Waals surface area contributed by atoms with Gasteiger partial charge in [-0.3, -0.25) is 4.90 Å². The number of likely N-dealkylation sites (tertiary alicyclic amines) is 1. The molecular formula is C14H28N2. The van der Waals surface area contributed by atoms with E-state index in [1.165, 1.54) is 25.8 Å². The van der Waals surface area contributed by atoms with Gasteiger partial charge in [-0.1, -0.05) is 27.2 Å². The van der Waals surface area contributed by atoms with E-state index in [9.17, 15) is 0 Å². The molecule has 0 spiro atoms. The molecule has 2 aliphatic rings. The van der Waals surface area contributed by atoms with Crippen molar-refractivity contribution < 1.29 is 0 Å². The van der Waals surface area contributed by atoms with Crippen LogP contribution in [0.15, 0.2) is 0 Å². The molecule has 1 saturated heterocycles. The van der Waals surface area contributed by atoms with Crippen LogP contribution in [0, 0.1) is 11.8 Å². The fourth-order valence-corrected chi connectivity index (χ4v) is 3.49. The Kier molecular flexibility index (Phi) is 3.91. The highest BCUT2D eigenvalue weighted by Crippen LogP contribution is 2.42. The van der Waals surface area contributed by atoms with E-state index in [1.807, 2.05) is 0 Å². The number of rotatable bonds is 4. The first-order valence-electron chi connectivity index (χ1n) is 7.18. The Bertz CT molecular complexity index is 229. The van der Waals surface area contributed by atoms with Gasteiger partial charge in [0.25, 0.3) is 0 Å². The predicted molar refractivity (Wildman–Crippen MR) is 69.6 cm³/mol. The second-order valence-corrected chi connectivity index (χ2v) is 5.76. The van der Waals surface area contributed by atoms with E-state index < -0.39 is 0 Å². The normalized spacial score (nSPS) is 44.6. The van der Waals surface area contributed by atoms with Gasteiger partial charge in [-0.05, 0) is 38.1 Å². The van der Waals surface area contributed by atoms with Crippen molar-refractivity contribution in [1.29, 1.82) is 0 Å². The summed E-state index contributed by atoms with van der Waals surface area (Å²) < 4.78 is 0. The topological polar surface area (TPSA) is 15.3 Å². The lowest BCUT2D eigenvalue weighted by Gasteiger charge is -2.43. The lowest BCUT2D eigenvalue weighted by atomic mass is 9.86. The molecule has 1 aliphatic carbocycles. The molecule has 2 rings (SSSR count). The van der Waals surface area contributed by atoms with Gasteiger partial charge in [0.05, 0.1) is 0 Å². The fourth-order valence-electron chi connectivity index (χ4n) is 3.49. The maximum atomic E-state index is 3.64. The molecule has 0 aromatic heterocycles. The number of piperidine rings is 1. The molecule has 5 atom stereocenters. The third-order valence-corrected chi connectivity index (χ3v) is 4.92. The average molecular weight is 224 g/mol. The molecule has 0 aromatic rings. The zero-order valence-electron chi connectivity index (χ0n) is 11.4. The zero-order chi connectivity index (χ0) is 11.7. The summed E-state index contributed by atoms with van der Waals surface area (Å²) in [5.41, 5.74) is 0. The van der Waals surface area contributed by atoms with Crippen molar-refractivity contribution in [3.63, 3.8) is 0 Å². The Morgan fingerprint density at radius 3 is 2.56 bits per heavy atom. The lowest BCUT2D eigenvalue weighted by Crippen LogP contribution is -2.54. The molecule has 16 heavy (non-hydrogen) atoms. The van der Waals surface area contributed by atoms with Crippen LogP contribution in [0.3, 0.4) is 0 Å². The summed E-state index contributed by atoms with van der Waals surface area (Å²) in [5.74, 6) is 1.80. The number of hydrogen-bond acceptors (Lipinski definition) is 2. The van der Waals surface area contributed by atoms with E-state index in [1.54, 1.807) is 0 Å². The van der Waals surface area contributed by atoms with E-state index in [0.29, 0.717) is 0 Å². The van der Waals surface area contributed by atoms with Gasteiger partial charge >= 0.3 is 0 Å². The lowest BCUT2D eigenvalue weighted by molar-refractivity contribution is 0.0737. The van der Waals surface area contributed by atoms with Gasteiger partial charge < -0.3 is 5.32 Å². The van der Waals surface area contributed by atoms with Gasteiger partial charge in [0.1, 0.15) is 0 Å². The van der Waals surface area contributed by atoms with Crippen molar-refractivity contribution in [2.75, 3.05) is 13.1 Å². The molecule has 94 valence electrons. The smallest absolute Gasteiger partial charge is 0.0130 e. The molecular weight excluding hydrogens is 196 g/mol. The molecule has 1 heterocycles. The second kappa shape index (κ2) is 5.05. The van der Waals surface area contributed by atoms with E-state index >= 15 is 0 Å². The van der Waals surface area contributed by atoms with Crippen LogP contribution in [0.2, 0.25) is 0 Å². The molecule has 1 N–H and O–H groups in total. The minimum absolute atomic E-state index is 0.745. The van der Waals surface area contributed by atoms with Crippen molar-refractivity contribution in [3.8, 4) is 0 Å². The van der Waals surface area contributed by atoms with Crippen LogP contribution in [0.4, 0.5) is 0 Å². The van der Waals surface area contributed by atoms with Crippen LogP contribution in [-0.2, 0) is 0 Å². The van der Waals surface area contributed by atoms with Crippen LogP contribution >= 0.6 is 0 Å². The summed E-state index contributed by atoms with van der Waals surface area (Å²) in [4.78, 5) is 2.78. The van der Waals surface area contributed by atoms with E-state index in [4.69, 9.17) is 0 Å². The third-order valence-electron chi connectivity index (χ3n) is 4.92. The van der Waals surface area contributed by atoms with Crippen molar-refractivity contribution in [3.05, 3.63) is 0 Å². The molecule has 2 fully saturated rings. The molecule has 5 unspecified atom stereocenters. The summed E-state index contributed by atoms with van der Waals surface area (Å²) in [6.07, 6.45) is 4.17. The highest BCUT2D eigenvalue weighted by molar-refractivity contribution is 5.00. The van der Waals surface area contributed by atoms with Crippen molar-refractivity contribution in [2.24, 2.45) is 11.8 Å². The van der Waals surface area contributed by atoms with Gasteiger partial charge in [-0.2, -0.15) is 0 Å². The molecule has 1 aliphatic heterocycles. The Morgan fingerprint density at radius 2 is 2.00 bits per heavy atom. The SMILES string of the molecule is CCNC1CCN(C2CC2CC)C(C)C1C. The molecule has 0 aromatic carbocycles. The van der Waals surface area contributed by atoms with E-state index in [-0.39, 0.29) is 0 Å². The molecule has 0 bridgehead atoms. The van der Waals surface area contributed by atoms with Gasteiger partial charge in [0, 0.05) is 24.7 Å². The molecule has 0 radical (unpaired) electrons. The summed E-state index contributed by atoms with van der Waals surface area (Å²) in [5, 5.41) is 3.64. The fraction of sp³-hybridized carbons (Fsp3) is 1.00. The Morgan fingerprint density at radius 1 is 1.25 bits per heavy atom. The minimum Gasteiger partial charge on any atom is -0.314 e. The number of nitrogens with one attached hydrogen (secondary N) is 1. The van der Waals surface area contributed by atoms with Crippen LogP contribution in [0.1, 0.15) is 47.0 Å². The molecule has 0 amide bonds. The first kappa shape index (κ1) is 12.4. The van der Waals surface area contributed by atoms with Crippen LogP contribution in [0.5, 0.6) is 0 Å². The first-order valence-corrected chi connectivity index (χ1v) is 7.18. The monoisotopic (exact) mass is 224 g/mol. The highest BCUT2D eigenvalue weighted by atomic mass is 15.2. The Hall–Kier alpha value is -0.0800. The first-order chi connectivity index (χ1) is 7.69. The van der Waals surface area contributed by atoms with Crippen LogP contribution in [-0.4, -0.2) is 36.1 Å². The zero-order valence-corrected chi connectivity index (χ0v) is 11.4. The molecule has 2 heteroatoms. The van der Waals surface area contributed by atoms with Crippen molar-refractivity contribution in [2.45, 2.75) is 65.1 Å². The van der Waals surface area contributed by atoms with Crippen LogP contribution < -0.4 is 5.32 Å². The van der Waals surface area contributed by atoms with Gasteiger partial charge in [0.2, 0.25) is 0 Å². The summed E-state index contributed by atoms with van der Waals surface area (Å²) in [6, 6.07) is 2.43. The maximum absolute atomic E-state index is 3.64. The molecule has 1 saturated carbocycles. The van der Waals surface area contributed by atoms with Gasteiger partial charge in [-0.25, -0.2) is 0 Å². The highest BCUT2D eigenvalue weighted by Gasteiger charge is 2.45. The summed E-state index contributed by atoms with van der Waals surface area (Å²) in [6.45, 7) is 11.8. The maximum Gasteiger partial charge on any atom is 0.0130 e.